The summed E-state index contributed by atoms with van der Waals surface area (Å²) in [4.78, 5) is 13.3. The summed E-state index contributed by atoms with van der Waals surface area (Å²) in [5.41, 5.74) is 0. The number of halogens is 1. The first-order valence-corrected chi connectivity index (χ1v) is 8.54. The lowest BCUT2D eigenvalue weighted by atomic mass is 9.86. The zero-order valence-electron chi connectivity index (χ0n) is 12.1. The fourth-order valence-corrected chi connectivity index (χ4v) is 3.60. The average Bonchev–Trinajstić information content (AvgIpc) is 2.44. The number of rotatable bonds is 4. The van der Waals surface area contributed by atoms with Crippen LogP contribution < -0.4 is 5.32 Å². The van der Waals surface area contributed by atoms with Gasteiger partial charge in [0.15, 0.2) is 0 Å². The van der Waals surface area contributed by atoms with Crippen LogP contribution in [0, 0.1) is 5.92 Å². The van der Waals surface area contributed by atoms with Gasteiger partial charge >= 0.3 is 0 Å². The lowest BCUT2D eigenvalue weighted by molar-refractivity contribution is -0.121. The van der Waals surface area contributed by atoms with Crippen molar-refractivity contribution in [3.8, 4) is 0 Å². The summed E-state index contributed by atoms with van der Waals surface area (Å²) in [5, 5.41) is 3.86. The molecule has 1 aromatic carbocycles. The zero-order valence-corrected chi connectivity index (χ0v) is 13.6. The first-order valence-electron chi connectivity index (χ1n) is 7.29. The number of nitrogens with one attached hydrogen (secondary N) is 1. The first-order chi connectivity index (χ1) is 9.56. The van der Waals surface area contributed by atoms with Crippen LogP contribution in [0.25, 0.3) is 0 Å². The van der Waals surface area contributed by atoms with E-state index in [9.17, 15) is 4.79 Å². The van der Waals surface area contributed by atoms with E-state index in [0.717, 1.165) is 16.3 Å². The molecule has 0 radical (unpaired) electrons. The van der Waals surface area contributed by atoms with Gasteiger partial charge in [-0.15, -0.1) is 11.8 Å². The Hall–Kier alpha value is -0.670. The Morgan fingerprint density at radius 3 is 2.60 bits per heavy atom. The SMILES string of the molecule is CC(Sc1ccc(Cl)cc1)C(=O)NC1CCCCC1C. The maximum Gasteiger partial charge on any atom is 0.233 e. The van der Waals surface area contributed by atoms with E-state index in [4.69, 9.17) is 11.6 Å². The molecule has 20 heavy (non-hydrogen) atoms. The third-order valence-electron chi connectivity index (χ3n) is 3.93. The minimum Gasteiger partial charge on any atom is -0.352 e. The summed E-state index contributed by atoms with van der Waals surface area (Å²) in [5.74, 6) is 0.740. The molecule has 2 nitrogen and oxygen atoms in total. The Morgan fingerprint density at radius 1 is 1.30 bits per heavy atom. The predicted molar refractivity (Wildman–Crippen MR) is 86.3 cm³/mol. The standard InChI is InChI=1S/C16H22ClNOS/c1-11-5-3-4-6-15(11)18-16(19)12(2)20-14-9-7-13(17)8-10-14/h7-12,15H,3-6H2,1-2H3,(H,18,19). The highest BCUT2D eigenvalue weighted by molar-refractivity contribution is 8.00. The second kappa shape index (κ2) is 7.37. The minimum absolute atomic E-state index is 0.0784. The van der Waals surface area contributed by atoms with Crippen molar-refractivity contribution >= 4 is 29.3 Å². The van der Waals surface area contributed by atoms with Gasteiger partial charge in [0.05, 0.1) is 5.25 Å². The van der Waals surface area contributed by atoms with E-state index in [1.807, 2.05) is 31.2 Å². The van der Waals surface area contributed by atoms with Crippen LogP contribution in [0.1, 0.15) is 39.5 Å². The maximum absolute atomic E-state index is 12.3. The molecule has 4 heteroatoms. The number of thioether (sulfide) groups is 1. The van der Waals surface area contributed by atoms with E-state index in [1.54, 1.807) is 11.8 Å². The number of carbonyl (C=O) groups is 1. The van der Waals surface area contributed by atoms with Gasteiger partial charge in [0, 0.05) is 16.0 Å². The molecule has 1 N–H and O–H groups in total. The fourth-order valence-electron chi connectivity index (χ4n) is 2.60. The summed E-state index contributed by atoms with van der Waals surface area (Å²) in [6.07, 6.45) is 4.87. The molecule has 2 rings (SSSR count). The van der Waals surface area contributed by atoms with E-state index in [1.165, 1.54) is 19.3 Å². The molecule has 1 aliphatic rings. The van der Waals surface area contributed by atoms with Gasteiger partial charge in [-0.3, -0.25) is 4.79 Å². The van der Waals surface area contributed by atoms with Gasteiger partial charge in [0.2, 0.25) is 5.91 Å². The normalized spacial score (nSPS) is 24.1. The molecular formula is C16H22ClNOS. The Kier molecular flexibility index (Phi) is 5.79. The first kappa shape index (κ1) is 15.7. The molecule has 0 heterocycles. The van der Waals surface area contributed by atoms with E-state index < -0.39 is 0 Å². The third kappa shape index (κ3) is 4.42. The molecule has 1 aromatic rings. The number of benzene rings is 1. The molecule has 110 valence electrons. The van der Waals surface area contributed by atoms with Crippen LogP contribution in [0.3, 0.4) is 0 Å². The molecule has 1 fully saturated rings. The van der Waals surface area contributed by atoms with E-state index in [-0.39, 0.29) is 11.2 Å². The van der Waals surface area contributed by atoms with Gasteiger partial charge in [0.25, 0.3) is 0 Å². The van der Waals surface area contributed by atoms with Crippen LogP contribution in [0.4, 0.5) is 0 Å². The van der Waals surface area contributed by atoms with Crippen molar-refractivity contribution in [2.24, 2.45) is 5.92 Å². The molecule has 0 aliphatic heterocycles. The Labute approximate surface area is 130 Å². The fraction of sp³-hybridized carbons (Fsp3) is 0.562. The highest BCUT2D eigenvalue weighted by Gasteiger charge is 2.25. The number of hydrogen-bond acceptors (Lipinski definition) is 2. The van der Waals surface area contributed by atoms with E-state index >= 15 is 0 Å². The molecule has 0 spiro atoms. The molecule has 3 atom stereocenters. The van der Waals surface area contributed by atoms with E-state index in [0.29, 0.717) is 12.0 Å². The van der Waals surface area contributed by atoms with Crippen molar-refractivity contribution in [1.82, 2.24) is 5.32 Å². The summed E-state index contributed by atoms with van der Waals surface area (Å²) in [6, 6.07) is 7.99. The Balaban J connectivity index is 1.86. The van der Waals surface area contributed by atoms with Gasteiger partial charge < -0.3 is 5.32 Å². The van der Waals surface area contributed by atoms with Gasteiger partial charge in [-0.2, -0.15) is 0 Å². The van der Waals surface area contributed by atoms with Crippen LogP contribution in [0.5, 0.6) is 0 Å². The lowest BCUT2D eigenvalue weighted by Gasteiger charge is -2.30. The maximum atomic E-state index is 12.3. The summed E-state index contributed by atoms with van der Waals surface area (Å²) >= 11 is 7.45. The van der Waals surface area contributed by atoms with E-state index in [2.05, 4.69) is 12.2 Å². The van der Waals surface area contributed by atoms with Crippen LogP contribution in [-0.4, -0.2) is 17.2 Å². The van der Waals surface area contributed by atoms with Gasteiger partial charge in [-0.05, 0) is 49.9 Å². The number of hydrogen-bond donors (Lipinski definition) is 1. The van der Waals surface area contributed by atoms with Crippen LogP contribution >= 0.6 is 23.4 Å². The number of amides is 1. The summed E-state index contributed by atoms with van der Waals surface area (Å²) in [6.45, 7) is 4.20. The van der Waals surface area contributed by atoms with Gasteiger partial charge in [-0.1, -0.05) is 31.4 Å². The van der Waals surface area contributed by atoms with Crippen LogP contribution in [0.15, 0.2) is 29.2 Å². The zero-order chi connectivity index (χ0) is 14.5. The summed E-state index contributed by atoms with van der Waals surface area (Å²) in [7, 11) is 0. The van der Waals surface area contributed by atoms with Gasteiger partial charge in [-0.25, -0.2) is 0 Å². The Bertz CT molecular complexity index is 448. The average molecular weight is 312 g/mol. The molecule has 0 bridgehead atoms. The third-order valence-corrected chi connectivity index (χ3v) is 5.30. The summed E-state index contributed by atoms with van der Waals surface area (Å²) < 4.78 is 0. The van der Waals surface area contributed by atoms with Crippen LogP contribution in [-0.2, 0) is 4.79 Å². The van der Waals surface area contributed by atoms with Crippen molar-refractivity contribution in [3.05, 3.63) is 29.3 Å². The van der Waals surface area contributed by atoms with Crippen LogP contribution in [0.2, 0.25) is 5.02 Å². The molecule has 3 unspecified atom stereocenters. The van der Waals surface area contributed by atoms with Crippen molar-refractivity contribution in [2.75, 3.05) is 0 Å². The highest BCUT2D eigenvalue weighted by Crippen LogP contribution is 2.27. The second-order valence-corrected chi connectivity index (χ2v) is 7.44. The molecule has 1 aliphatic carbocycles. The molecule has 0 saturated heterocycles. The largest absolute Gasteiger partial charge is 0.352 e. The second-order valence-electron chi connectivity index (χ2n) is 5.59. The number of carbonyl (C=O) groups excluding carboxylic acids is 1. The quantitative estimate of drug-likeness (QED) is 0.829. The van der Waals surface area contributed by atoms with Gasteiger partial charge in [0.1, 0.15) is 0 Å². The smallest absolute Gasteiger partial charge is 0.233 e. The molecular weight excluding hydrogens is 290 g/mol. The van der Waals surface area contributed by atoms with Crippen molar-refractivity contribution in [2.45, 2.75) is 55.7 Å². The van der Waals surface area contributed by atoms with Crippen molar-refractivity contribution in [3.63, 3.8) is 0 Å². The monoisotopic (exact) mass is 311 g/mol. The highest BCUT2D eigenvalue weighted by atomic mass is 35.5. The minimum atomic E-state index is -0.0784. The molecule has 1 amide bonds. The molecule has 1 saturated carbocycles. The lowest BCUT2D eigenvalue weighted by Crippen LogP contribution is -2.44. The topological polar surface area (TPSA) is 29.1 Å². The Morgan fingerprint density at radius 2 is 1.95 bits per heavy atom. The van der Waals surface area contributed by atoms with Crippen molar-refractivity contribution in [1.29, 1.82) is 0 Å². The van der Waals surface area contributed by atoms with Crippen molar-refractivity contribution < 1.29 is 4.79 Å². The predicted octanol–water partition coefficient (Wildman–Crippen LogP) is 4.52. The molecule has 0 aromatic heterocycles.